The zero-order valence-electron chi connectivity index (χ0n) is 7.41. The van der Waals surface area contributed by atoms with E-state index in [1.807, 2.05) is 24.3 Å². The Labute approximate surface area is 86.9 Å². The first-order chi connectivity index (χ1) is 6.27. The summed E-state index contributed by atoms with van der Waals surface area (Å²) in [7, 11) is 0. The second kappa shape index (κ2) is 5.37. The monoisotopic (exact) mass is 243 g/mol. The number of rotatable bonds is 4. The van der Waals surface area contributed by atoms with Crippen LogP contribution in [0.3, 0.4) is 0 Å². The lowest BCUT2D eigenvalue weighted by atomic mass is 9.97. The third kappa shape index (κ3) is 3.10. The Morgan fingerprint density at radius 3 is 2.77 bits per heavy atom. The van der Waals surface area contributed by atoms with Gasteiger partial charge in [0, 0.05) is 17.0 Å². The molecule has 3 N–H and O–H groups in total. The molecule has 0 aliphatic carbocycles. The third-order valence-corrected chi connectivity index (χ3v) is 2.55. The second-order valence-corrected chi connectivity index (χ2v) is 3.93. The molecule has 72 valence electrons. The Hall–Kier alpha value is -0.380. The molecule has 0 aliphatic heterocycles. The Morgan fingerprint density at radius 1 is 1.46 bits per heavy atom. The first-order valence-electron chi connectivity index (χ1n) is 4.34. The topological polar surface area (TPSA) is 46.2 Å². The molecule has 2 nitrogen and oxygen atoms in total. The van der Waals surface area contributed by atoms with Crippen LogP contribution < -0.4 is 5.73 Å². The molecule has 1 aromatic carbocycles. The normalized spacial score (nSPS) is 12.8. The van der Waals surface area contributed by atoms with E-state index in [1.165, 1.54) is 0 Å². The van der Waals surface area contributed by atoms with E-state index in [9.17, 15) is 0 Å². The van der Waals surface area contributed by atoms with Gasteiger partial charge in [0.15, 0.2) is 0 Å². The first-order valence-corrected chi connectivity index (χ1v) is 5.13. The van der Waals surface area contributed by atoms with Crippen molar-refractivity contribution < 1.29 is 5.11 Å². The Balaban J connectivity index is 2.78. The molecule has 13 heavy (non-hydrogen) atoms. The van der Waals surface area contributed by atoms with Crippen LogP contribution in [-0.2, 0) is 0 Å². The number of aliphatic hydroxyl groups excluding tert-OH is 1. The van der Waals surface area contributed by atoms with E-state index in [0.29, 0.717) is 6.54 Å². The third-order valence-electron chi connectivity index (χ3n) is 2.06. The molecule has 0 saturated heterocycles. The minimum Gasteiger partial charge on any atom is -0.396 e. The largest absolute Gasteiger partial charge is 0.396 e. The molecule has 0 aromatic heterocycles. The highest BCUT2D eigenvalue weighted by Gasteiger charge is 2.08. The molecule has 0 bridgehead atoms. The molecule has 0 amide bonds. The summed E-state index contributed by atoms with van der Waals surface area (Å²) in [5, 5.41) is 9.13. The number of benzene rings is 1. The summed E-state index contributed by atoms with van der Waals surface area (Å²) >= 11 is 3.40. The summed E-state index contributed by atoms with van der Waals surface area (Å²) < 4.78 is 1.04. The molecule has 1 atom stereocenters. The van der Waals surface area contributed by atoms with E-state index < -0.39 is 0 Å². The summed E-state index contributed by atoms with van der Waals surface area (Å²) in [6, 6.07) is 7.98. The van der Waals surface area contributed by atoms with Gasteiger partial charge in [-0.25, -0.2) is 0 Å². The van der Waals surface area contributed by atoms with Gasteiger partial charge in [-0.15, -0.1) is 0 Å². The smallest absolute Gasteiger partial charge is 0.0500 e. The molecule has 1 unspecified atom stereocenters. The van der Waals surface area contributed by atoms with Gasteiger partial charge in [0.05, 0.1) is 0 Å². The van der Waals surface area contributed by atoms with Crippen molar-refractivity contribution in [2.45, 2.75) is 12.3 Å². The van der Waals surface area contributed by atoms with Crippen LogP contribution in [0.25, 0.3) is 0 Å². The fourth-order valence-corrected chi connectivity index (χ4v) is 1.74. The van der Waals surface area contributed by atoms with Crippen molar-refractivity contribution in [3.63, 3.8) is 0 Å². The standard InChI is InChI=1S/C10H14BrNO/c11-10-3-1-2-8(6-10)9(7-13)4-5-12/h1-3,6,9,13H,4-5,7,12H2. The van der Waals surface area contributed by atoms with Gasteiger partial charge in [0.1, 0.15) is 0 Å². The maximum atomic E-state index is 9.13. The zero-order chi connectivity index (χ0) is 9.68. The lowest BCUT2D eigenvalue weighted by Crippen LogP contribution is -2.10. The molecule has 0 heterocycles. The molecule has 0 radical (unpaired) electrons. The van der Waals surface area contributed by atoms with E-state index in [0.717, 1.165) is 16.5 Å². The van der Waals surface area contributed by atoms with Gasteiger partial charge in [-0.05, 0) is 30.7 Å². The van der Waals surface area contributed by atoms with Crippen molar-refractivity contribution >= 4 is 15.9 Å². The van der Waals surface area contributed by atoms with Crippen molar-refractivity contribution in [2.75, 3.05) is 13.2 Å². The molecule has 0 saturated carbocycles. The van der Waals surface area contributed by atoms with Crippen LogP contribution in [0.2, 0.25) is 0 Å². The van der Waals surface area contributed by atoms with E-state index in [4.69, 9.17) is 10.8 Å². The van der Waals surface area contributed by atoms with Crippen molar-refractivity contribution in [3.8, 4) is 0 Å². The Kier molecular flexibility index (Phi) is 4.42. The fraction of sp³-hybridized carbons (Fsp3) is 0.400. The molecular formula is C10H14BrNO. The van der Waals surface area contributed by atoms with Crippen LogP contribution in [0.4, 0.5) is 0 Å². The van der Waals surface area contributed by atoms with E-state index in [1.54, 1.807) is 0 Å². The summed E-state index contributed by atoms with van der Waals surface area (Å²) in [4.78, 5) is 0. The summed E-state index contributed by atoms with van der Waals surface area (Å²) in [5.74, 6) is 0.169. The van der Waals surface area contributed by atoms with Gasteiger partial charge in [-0.1, -0.05) is 28.1 Å². The molecular weight excluding hydrogens is 230 g/mol. The van der Waals surface area contributed by atoms with Gasteiger partial charge >= 0.3 is 0 Å². The number of hydrogen-bond donors (Lipinski definition) is 2. The predicted molar refractivity (Wildman–Crippen MR) is 57.6 cm³/mol. The van der Waals surface area contributed by atoms with E-state index in [2.05, 4.69) is 15.9 Å². The summed E-state index contributed by atoms with van der Waals surface area (Å²) in [6.45, 7) is 0.769. The summed E-state index contributed by atoms with van der Waals surface area (Å²) in [5.41, 5.74) is 6.60. The molecule has 0 spiro atoms. The summed E-state index contributed by atoms with van der Waals surface area (Å²) in [6.07, 6.45) is 0.826. The highest BCUT2D eigenvalue weighted by atomic mass is 79.9. The minimum absolute atomic E-state index is 0.160. The maximum absolute atomic E-state index is 9.13. The lowest BCUT2D eigenvalue weighted by molar-refractivity contribution is 0.260. The fourth-order valence-electron chi connectivity index (χ4n) is 1.33. The molecule has 1 aromatic rings. The number of halogens is 1. The maximum Gasteiger partial charge on any atom is 0.0500 e. The highest BCUT2D eigenvalue weighted by molar-refractivity contribution is 9.10. The lowest BCUT2D eigenvalue weighted by Gasteiger charge is -2.13. The van der Waals surface area contributed by atoms with Gasteiger partial charge in [-0.2, -0.15) is 0 Å². The predicted octanol–water partition coefficient (Wildman–Crippen LogP) is 1.87. The molecule has 3 heteroatoms. The van der Waals surface area contributed by atoms with Crippen molar-refractivity contribution in [1.29, 1.82) is 0 Å². The second-order valence-electron chi connectivity index (χ2n) is 3.01. The van der Waals surface area contributed by atoms with E-state index in [-0.39, 0.29) is 12.5 Å². The van der Waals surface area contributed by atoms with Crippen molar-refractivity contribution in [2.24, 2.45) is 5.73 Å². The highest BCUT2D eigenvalue weighted by Crippen LogP contribution is 2.21. The van der Waals surface area contributed by atoms with Gasteiger partial charge in [0.2, 0.25) is 0 Å². The number of hydrogen-bond acceptors (Lipinski definition) is 2. The Morgan fingerprint density at radius 2 is 2.23 bits per heavy atom. The number of nitrogens with two attached hydrogens (primary N) is 1. The van der Waals surface area contributed by atoms with Gasteiger partial charge in [0.25, 0.3) is 0 Å². The zero-order valence-corrected chi connectivity index (χ0v) is 9.00. The first kappa shape index (κ1) is 10.7. The van der Waals surface area contributed by atoms with Crippen LogP contribution in [0.1, 0.15) is 17.9 Å². The molecule has 0 aliphatic rings. The van der Waals surface area contributed by atoms with Crippen LogP contribution in [-0.4, -0.2) is 18.3 Å². The molecule has 1 rings (SSSR count). The average molecular weight is 244 g/mol. The van der Waals surface area contributed by atoms with Gasteiger partial charge < -0.3 is 10.8 Å². The Bertz CT molecular complexity index is 265. The van der Waals surface area contributed by atoms with E-state index >= 15 is 0 Å². The van der Waals surface area contributed by atoms with Crippen LogP contribution in [0, 0.1) is 0 Å². The van der Waals surface area contributed by atoms with Crippen molar-refractivity contribution in [1.82, 2.24) is 0 Å². The number of aliphatic hydroxyl groups is 1. The average Bonchev–Trinajstić information content (AvgIpc) is 2.14. The molecule has 0 fully saturated rings. The van der Waals surface area contributed by atoms with Crippen LogP contribution >= 0.6 is 15.9 Å². The SMILES string of the molecule is NCCC(CO)c1cccc(Br)c1. The van der Waals surface area contributed by atoms with Crippen LogP contribution in [0.5, 0.6) is 0 Å². The quantitative estimate of drug-likeness (QED) is 0.849. The van der Waals surface area contributed by atoms with Crippen LogP contribution in [0.15, 0.2) is 28.7 Å². The minimum atomic E-state index is 0.160. The van der Waals surface area contributed by atoms with Crippen molar-refractivity contribution in [3.05, 3.63) is 34.3 Å². The van der Waals surface area contributed by atoms with Gasteiger partial charge in [-0.3, -0.25) is 0 Å².